The third kappa shape index (κ3) is 8.51. The topological polar surface area (TPSA) is 238 Å². The van der Waals surface area contributed by atoms with Crippen molar-refractivity contribution in [2.24, 2.45) is 11.5 Å². The monoisotopic (exact) mass is 602 g/mol. The fourth-order valence-electron chi connectivity index (χ4n) is 4.74. The number of amides is 4. The van der Waals surface area contributed by atoms with Gasteiger partial charge in [-0.1, -0.05) is 48.5 Å². The highest BCUT2D eigenvalue weighted by atomic mass is 16.4. The lowest BCUT2D eigenvalue weighted by atomic mass is 10.0. The van der Waals surface area contributed by atoms with Crippen molar-refractivity contribution >= 4 is 40.5 Å². The zero-order valence-corrected chi connectivity index (χ0v) is 23.7. The largest absolute Gasteiger partial charge is 0.480 e. The summed E-state index contributed by atoms with van der Waals surface area (Å²) in [4.78, 5) is 73.4. The van der Waals surface area contributed by atoms with Gasteiger partial charge >= 0.3 is 5.97 Å². The van der Waals surface area contributed by atoms with Gasteiger partial charge in [0.2, 0.25) is 23.6 Å². The van der Waals surface area contributed by atoms with Crippen molar-refractivity contribution in [3.05, 3.63) is 90.1 Å². The Bertz CT molecular complexity index is 1600. The van der Waals surface area contributed by atoms with Crippen LogP contribution in [0.4, 0.5) is 0 Å². The van der Waals surface area contributed by atoms with Gasteiger partial charge < -0.3 is 42.5 Å². The Balaban J connectivity index is 1.59. The maximum Gasteiger partial charge on any atom is 0.326 e. The molecule has 4 aromatic rings. The molecule has 0 radical (unpaired) electrons. The predicted octanol–water partition coefficient (Wildman–Crippen LogP) is -0.339. The summed E-state index contributed by atoms with van der Waals surface area (Å²) in [5.41, 5.74) is 14.1. The standard InChI is InChI=1S/C30H34N8O6/c31-21(12-19-15-33-16-35-19)27(40)36-23(10-17-6-2-1-3-7-17)28(41)37-24(29(42)38-25(30(43)44)13-26(32)39)11-18-14-34-22-9-5-4-8-20(18)22/h1-9,14-16,21,23-25,34H,10-13,31H2,(H2,32,39)(H,33,35)(H,36,40)(H,37,41)(H,38,42)(H,43,44). The van der Waals surface area contributed by atoms with E-state index in [1.807, 2.05) is 30.3 Å². The first-order valence-corrected chi connectivity index (χ1v) is 13.8. The molecule has 0 aliphatic rings. The Labute approximate surface area is 252 Å². The van der Waals surface area contributed by atoms with Gasteiger partial charge in [0.1, 0.15) is 18.1 Å². The molecule has 0 bridgehead atoms. The van der Waals surface area contributed by atoms with Crippen LogP contribution >= 0.6 is 0 Å². The second-order valence-corrected chi connectivity index (χ2v) is 10.3. The number of aromatic nitrogens is 3. The lowest BCUT2D eigenvalue weighted by molar-refractivity contribution is -0.143. The van der Waals surface area contributed by atoms with Gasteiger partial charge in [0.15, 0.2) is 0 Å². The van der Waals surface area contributed by atoms with E-state index in [2.05, 4.69) is 30.9 Å². The van der Waals surface area contributed by atoms with Crippen LogP contribution < -0.4 is 27.4 Å². The summed E-state index contributed by atoms with van der Waals surface area (Å²) in [5, 5.41) is 18.0. The third-order valence-electron chi connectivity index (χ3n) is 7.00. The number of nitrogens with one attached hydrogen (secondary N) is 5. The van der Waals surface area contributed by atoms with Crippen molar-refractivity contribution in [1.29, 1.82) is 0 Å². The quantitative estimate of drug-likeness (QED) is 0.0893. The number of carboxylic acid groups (broad SMARTS) is 1. The second-order valence-electron chi connectivity index (χ2n) is 10.3. The number of para-hydroxylation sites is 1. The molecule has 2 aromatic heterocycles. The Kier molecular flexibility index (Phi) is 10.4. The van der Waals surface area contributed by atoms with Crippen LogP contribution in [0.3, 0.4) is 0 Å². The van der Waals surface area contributed by atoms with E-state index in [9.17, 15) is 29.1 Å². The zero-order valence-electron chi connectivity index (χ0n) is 23.7. The van der Waals surface area contributed by atoms with Crippen molar-refractivity contribution in [3.8, 4) is 0 Å². The highest BCUT2D eigenvalue weighted by Crippen LogP contribution is 2.19. The van der Waals surface area contributed by atoms with Crippen molar-refractivity contribution in [2.45, 2.75) is 49.9 Å². The van der Waals surface area contributed by atoms with E-state index in [0.717, 1.165) is 16.5 Å². The summed E-state index contributed by atoms with van der Waals surface area (Å²) in [6.45, 7) is 0. The average Bonchev–Trinajstić information content (AvgIpc) is 3.66. The summed E-state index contributed by atoms with van der Waals surface area (Å²) in [6, 6.07) is 11.3. The maximum absolute atomic E-state index is 13.8. The number of hydrogen-bond acceptors (Lipinski definition) is 7. The molecule has 14 nitrogen and oxygen atoms in total. The van der Waals surface area contributed by atoms with Gasteiger partial charge in [0.05, 0.1) is 18.8 Å². The van der Waals surface area contributed by atoms with Crippen molar-refractivity contribution < 1.29 is 29.1 Å². The van der Waals surface area contributed by atoms with E-state index in [-0.39, 0.29) is 19.3 Å². The molecule has 0 aliphatic heterocycles. The molecule has 10 N–H and O–H groups in total. The van der Waals surface area contributed by atoms with Crippen LogP contribution in [0.25, 0.3) is 10.9 Å². The normalized spacial score (nSPS) is 13.8. The molecule has 4 rings (SSSR count). The summed E-state index contributed by atoms with van der Waals surface area (Å²) >= 11 is 0. The highest BCUT2D eigenvalue weighted by Gasteiger charge is 2.32. The van der Waals surface area contributed by atoms with Gasteiger partial charge in [0.25, 0.3) is 0 Å². The Morgan fingerprint density at radius 3 is 2.09 bits per heavy atom. The first-order valence-electron chi connectivity index (χ1n) is 13.8. The number of fused-ring (bicyclic) bond motifs is 1. The molecular formula is C30H34N8O6. The van der Waals surface area contributed by atoms with E-state index in [4.69, 9.17) is 11.5 Å². The second kappa shape index (κ2) is 14.6. The lowest BCUT2D eigenvalue weighted by Crippen LogP contribution is -2.58. The third-order valence-corrected chi connectivity index (χ3v) is 7.00. The van der Waals surface area contributed by atoms with Crippen LogP contribution in [-0.4, -0.2) is 73.8 Å². The number of rotatable bonds is 15. The number of carbonyl (C=O) groups is 5. The molecule has 0 aliphatic carbocycles. The number of hydrogen-bond donors (Lipinski definition) is 8. The van der Waals surface area contributed by atoms with Gasteiger partial charge in [-0.2, -0.15) is 0 Å². The first-order chi connectivity index (χ1) is 21.1. The minimum Gasteiger partial charge on any atom is -0.480 e. The van der Waals surface area contributed by atoms with Gasteiger partial charge in [0, 0.05) is 48.3 Å². The highest BCUT2D eigenvalue weighted by molar-refractivity contribution is 5.95. The summed E-state index contributed by atoms with van der Waals surface area (Å²) in [7, 11) is 0. The van der Waals surface area contributed by atoms with E-state index in [0.29, 0.717) is 11.3 Å². The Hall–Kier alpha value is -5.50. The number of primary amides is 1. The smallest absolute Gasteiger partial charge is 0.326 e. The van der Waals surface area contributed by atoms with Crippen LogP contribution in [0.2, 0.25) is 0 Å². The molecule has 0 spiro atoms. The molecule has 230 valence electrons. The van der Waals surface area contributed by atoms with Crippen molar-refractivity contribution in [3.63, 3.8) is 0 Å². The fraction of sp³-hybridized carbons (Fsp3) is 0.267. The molecule has 4 amide bonds. The van der Waals surface area contributed by atoms with Gasteiger partial charge in [-0.3, -0.25) is 19.2 Å². The fourth-order valence-corrected chi connectivity index (χ4v) is 4.74. The van der Waals surface area contributed by atoms with Crippen molar-refractivity contribution in [1.82, 2.24) is 30.9 Å². The molecule has 0 saturated heterocycles. The number of H-pyrrole nitrogens is 2. The van der Waals surface area contributed by atoms with E-state index < -0.39 is 60.2 Å². The Morgan fingerprint density at radius 2 is 1.43 bits per heavy atom. The maximum atomic E-state index is 13.8. The van der Waals surface area contributed by atoms with Crippen LogP contribution in [0.15, 0.2) is 73.3 Å². The lowest BCUT2D eigenvalue weighted by Gasteiger charge is -2.25. The number of aliphatic carboxylic acids is 1. The zero-order chi connectivity index (χ0) is 31.6. The van der Waals surface area contributed by atoms with Gasteiger partial charge in [-0.25, -0.2) is 9.78 Å². The first kappa shape index (κ1) is 31.4. The number of benzene rings is 2. The van der Waals surface area contributed by atoms with Crippen LogP contribution in [0.1, 0.15) is 23.2 Å². The van der Waals surface area contributed by atoms with Crippen LogP contribution in [0.5, 0.6) is 0 Å². The van der Waals surface area contributed by atoms with Crippen LogP contribution in [-0.2, 0) is 43.2 Å². The molecule has 4 unspecified atom stereocenters. The van der Waals surface area contributed by atoms with E-state index >= 15 is 0 Å². The number of nitrogens with two attached hydrogens (primary N) is 2. The molecular weight excluding hydrogens is 568 g/mol. The molecule has 44 heavy (non-hydrogen) atoms. The molecule has 0 saturated carbocycles. The summed E-state index contributed by atoms with van der Waals surface area (Å²) < 4.78 is 0. The molecule has 2 heterocycles. The van der Waals surface area contributed by atoms with Gasteiger partial charge in [-0.15, -0.1) is 0 Å². The summed E-state index contributed by atoms with van der Waals surface area (Å²) in [6.07, 6.45) is 4.24. The van der Waals surface area contributed by atoms with Crippen molar-refractivity contribution in [2.75, 3.05) is 0 Å². The number of aromatic amines is 2. The molecule has 4 atom stereocenters. The number of imidazole rings is 1. The van der Waals surface area contributed by atoms with E-state index in [1.165, 1.54) is 12.5 Å². The van der Waals surface area contributed by atoms with Crippen LogP contribution in [0, 0.1) is 0 Å². The molecule has 0 fully saturated rings. The Morgan fingerprint density at radius 1 is 0.795 bits per heavy atom. The SMILES string of the molecule is NC(=O)CC(NC(=O)C(Cc1c[nH]c2ccccc12)NC(=O)C(Cc1ccccc1)NC(=O)C(N)Cc1cnc[nH]1)C(=O)O. The number of carbonyl (C=O) groups excluding carboxylic acids is 4. The molecule has 2 aromatic carbocycles. The number of carboxylic acids is 1. The predicted molar refractivity (Wildman–Crippen MR) is 160 cm³/mol. The molecule has 14 heteroatoms. The number of nitrogens with zero attached hydrogens (tertiary/aromatic N) is 1. The minimum atomic E-state index is -1.61. The minimum absolute atomic E-state index is 0.0319. The summed E-state index contributed by atoms with van der Waals surface area (Å²) in [5.74, 6) is -4.53. The average molecular weight is 603 g/mol. The van der Waals surface area contributed by atoms with E-state index in [1.54, 1.807) is 30.5 Å². The van der Waals surface area contributed by atoms with Gasteiger partial charge in [-0.05, 0) is 17.2 Å².